The van der Waals surface area contributed by atoms with Gasteiger partial charge in [0, 0.05) is 37.8 Å². The monoisotopic (exact) mass is 377 g/mol. The summed E-state index contributed by atoms with van der Waals surface area (Å²) in [7, 11) is 0. The molecule has 0 unspecified atom stereocenters. The van der Waals surface area contributed by atoms with Crippen molar-refractivity contribution in [1.29, 1.82) is 0 Å². The summed E-state index contributed by atoms with van der Waals surface area (Å²) >= 11 is 0. The molecular weight excluding hydrogens is 354 g/mol. The van der Waals surface area contributed by atoms with E-state index in [-0.39, 0.29) is 5.91 Å². The first-order valence-electron chi connectivity index (χ1n) is 9.46. The minimum absolute atomic E-state index is 0.178. The topological polar surface area (TPSA) is 79.4 Å². The van der Waals surface area contributed by atoms with Crippen molar-refractivity contribution in [2.75, 3.05) is 44.7 Å². The van der Waals surface area contributed by atoms with Gasteiger partial charge in [-0.25, -0.2) is 9.97 Å². The van der Waals surface area contributed by atoms with Crippen molar-refractivity contribution in [3.8, 4) is 0 Å². The molecule has 1 amide bonds. The van der Waals surface area contributed by atoms with Gasteiger partial charge in [-0.05, 0) is 23.6 Å². The van der Waals surface area contributed by atoms with E-state index in [1.807, 2.05) is 42.5 Å². The minimum atomic E-state index is -0.178. The maximum Gasteiger partial charge on any atom is 0.270 e. The number of nitrogens with one attached hydrogen (secondary N) is 2. The molecule has 3 heterocycles. The molecule has 1 aromatic carbocycles. The van der Waals surface area contributed by atoms with Crippen LogP contribution in [-0.4, -0.2) is 60.2 Å². The van der Waals surface area contributed by atoms with Crippen molar-refractivity contribution >= 4 is 28.3 Å². The number of fused-ring (bicyclic) bond motifs is 1. The van der Waals surface area contributed by atoms with E-state index in [4.69, 9.17) is 4.74 Å². The highest BCUT2D eigenvalue weighted by Gasteiger charge is 2.12. The number of rotatable bonds is 6. The standard InChI is InChI=1S/C21H23N5O2/c27-21(23-10-11-26-12-14-28-15-13-26)18-6-3-7-19(24-18)25-20-17-5-2-1-4-16(17)8-9-22-20/h1-9H,10-15H2,(H,23,27)(H,22,24,25). The zero-order valence-corrected chi connectivity index (χ0v) is 15.6. The Hall–Kier alpha value is -3.03. The summed E-state index contributed by atoms with van der Waals surface area (Å²) in [5.74, 6) is 1.13. The van der Waals surface area contributed by atoms with Gasteiger partial charge < -0.3 is 15.4 Å². The molecule has 0 bridgehead atoms. The zero-order valence-electron chi connectivity index (χ0n) is 15.6. The number of benzene rings is 1. The highest BCUT2D eigenvalue weighted by molar-refractivity contribution is 5.94. The van der Waals surface area contributed by atoms with Gasteiger partial charge in [0.1, 0.15) is 17.3 Å². The Balaban J connectivity index is 1.40. The number of aromatic nitrogens is 2. The molecule has 0 radical (unpaired) electrons. The Morgan fingerprint density at radius 2 is 1.93 bits per heavy atom. The number of morpholine rings is 1. The largest absolute Gasteiger partial charge is 0.379 e. The van der Waals surface area contributed by atoms with Crippen LogP contribution in [0.5, 0.6) is 0 Å². The predicted octanol–water partition coefficient (Wildman–Crippen LogP) is 2.44. The van der Waals surface area contributed by atoms with E-state index in [0.717, 1.165) is 49.4 Å². The SMILES string of the molecule is O=C(NCCN1CCOCC1)c1cccc(Nc2nccc3ccccc23)n1. The number of ether oxygens (including phenoxy) is 1. The summed E-state index contributed by atoms with van der Waals surface area (Å²) < 4.78 is 5.33. The van der Waals surface area contributed by atoms with Gasteiger partial charge in [0.25, 0.3) is 5.91 Å². The molecule has 7 heteroatoms. The molecule has 28 heavy (non-hydrogen) atoms. The van der Waals surface area contributed by atoms with Crippen LogP contribution < -0.4 is 10.6 Å². The molecule has 1 fully saturated rings. The number of pyridine rings is 2. The summed E-state index contributed by atoms with van der Waals surface area (Å²) in [5, 5.41) is 8.27. The fraction of sp³-hybridized carbons (Fsp3) is 0.286. The average molecular weight is 377 g/mol. The Bertz CT molecular complexity index is 951. The Morgan fingerprint density at radius 3 is 2.82 bits per heavy atom. The number of amides is 1. The van der Waals surface area contributed by atoms with Crippen LogP contribution in [0.2, 0.25) is 0 Å². The third-order valence-electron chi connectivity index (χ3n) is 4.72. The van der Waals surface area contributed by atoms with Gasteiger partial charge in [-0.2, -0.15) is 0 Å². The molecule has 144 valence electrons. The van der Waals surface area contributed by atoms with Crippen molar-refractivity contribution in [3.63, 3.8) is 0 Å². The van der Waals surface area contributed by atoms with Crippen LogP contribution in [0.3, 0.4) is 0 Å². The van der Waals surface area contributed by atoms with E-state index < -0.39 is 0 Å². The van der Waals surface area contributed by atoms with Gasteiger partial charge in [0.15, 0.2) is 0 Å². The van der Waals surface area contributed by atoms with E-state index in [0.29, 0.717) is 18.1 Å². The number of carbonyl (C=O) groups is 1. The molecular formula is C21H23N5O2. The maximum absolute atomic E-state index is 12.4. The highest BCUT2D eigenvalue weighted by atomic mass is 16.5. The van der Waals surface area contributed by atoms with Crippen LogP contribution in [0.25, 0.3) is 10.8 Å². The van der Waals surface area contributed by atoms with Gasteiger partial charge in [-0.1, -0.05) is 30.3 Å². The predicted molar refractivity (Wildman–Crippen MR) is 109 cm³/mol. The van der Waals surface area contributed by atoms with Gasteiger partial charge in [-0.3, -0.25) is 9.69 Å². The van der Waals surface area contributed by atoms with E-state index in [9.17, 15) is 4.79 Å². The molecule has 3 aromatic rings. The second-order valence-electron chi connectivity index (χ2n) is 6.62. The Labute approximate surface area is 163 Å². The van der Waals surface area contributed by atoms with Gasteiger partial charge >= 0.3 is 0 Å². The molecule has 2 N–H and O–H groups in total. The van der Waals surface area contributed by atoms with Crippen molar-refractivity contribution in [2.45, 2.75) is 0 Å². The Morgan fingerprint density at radius 1 is 1.07 bits per heavy atom. The lowest BCUT2D eigenvalue weighted by atomic mass is 10.1. The highest BCUT2D eigenvalue weighted by Crippen LogP contribution is 2.23. The Kier molecular flexibility index (Phi) is 5.75. The fourth-order valence-electron chi connectivity index (χ4n) is 3.21. The molecule has 1 aliphatic heterocycles. The summed E-state index contributed by atoms with van der Waals surface area (Å²) in [6.07, 6.45) is 1.76. The number of anilines is 2. The third kappa shape index (κ3) is 4.44. The smallest absolute Gasteiger partial charge is 0.270 e. The van der Waals surface area contributed by atoms with Crippen molar-refractivity contribution in [3.05, 3.63) is 60.4 Å². The second kappa shape index (κ2) is 8.77. The van der Waals surface area contributed by atoms with E-state index >= 15 is 0 Å². The lowest BCUT2D eigenvalue weighted by Gasteiger charge is -2.26. The van der Waals surface area contributed by atoms with Crippen LogP contribution in [-0.2, 0) is 4.74 Å². The average Bonchev–Trinajstić information content (AvgIpc) is 2.75. The van der Waals surface area contributed by atoms with Crippen LogP contribution in [0.1, 0.15) is 10.5 Å². The first-order valence-corrected chi connectivity index (χ1v) is 9.46. The van der Waals surface area contributed by atoms with Gasteiger partial charge in [0.05, 0.1) is 13.2 Å². The summed E-state index contributed by atoms with van der Waals surface area (Å²) in [5.41, 5.74) is 0.382. The quantitative estimate of drug-likeness (QED) is 0.687. The van der Waals surface area contributed by atoms with E-state index in [2.05, 4.69) is 25.5 Å². The molecule has 1 aliphatic rings. The maximum atomic E-state index is 12.4. The summed E-state index contributed by atoms with van der Waals surface area (Å²) in [4.78, 5) is 23.6. The molecule has 0 saturated carbocycles. The molecule has 0 spiro atoms. The molecule has 0 atom stereocenters. The van der Waals surface area contributed by atoms with Crippen molar-refractivity contribution in [1.82, 2.24) is 20.2 Å². The normalized spacial score (nSPS) is 14.7. The van der Waals surface area contributed by atoms with E-state index in [1.165, 1.54) is 0 Å². The molecule has 0 aliphatic carbocycles. The lowest BCUT2D eigenvalue weighted by molar-refractivity contribution is 0.0383. The number of carbonyl (C=O) groups excluding carboxylic acids is 1. The van der Waals surface area contributed by atoms with Gasteiger partial charge in [-0.15, -0.1) is 0 Å². The van der Waals surface area contributed by atoms with Crippen molar-refractivity contribution in [2.24, 2.45) is 0 Å². The van der Waals surface area contributed by atoms with Crippen molar-refractivity contribution < 1.29 is 9.53 Å². The lowest BCUT2D eigenvalue weighted by Crippen LogP contribution is -2.41. The summed E-state index contributed by atoms with van der Waals surface area (Å²) in [6, 6.07) is 15.3. The first kappa shape index (κ1) is 18.3. The summed E-state index contributed by atoms with van der Waals surface area (Å²) in [6.45, 7) is 4.73. The van der Waals surface area contributed by atoms with Crippen LogP contribution in [0.4, 0.5) is 11.6 Å². The fourth-order valence-corrected chi connectivity index (χ4v) is 3.21. The molecule has 2 aromatic heterocycles. The van der Waals surface area contributed by atoms with Crippen LogP contribution >= 0.6 is 0 Å². The third-order valence-corrected chi connectivity index (χ3v) is 4.72. The molecule has 4 rings (SSSR count). The number of nitrogens with zero attached hydrogens (tertiary/aromatic N) is 3. The second-order valence-corrected chi connectivity index (χ2v) is 6.62. The minimum Gasteiger partial charge on any atom is -0.379 e. The zero-order chi connectivity index (χ0) is 19.2. The number of hydrogen-bond acceptors (Lipinski definition) is 6. The van der Waals surface area contributed by atoms with Crippen LogP contribution in [0, 0.1) is 0 Å². The number of hydrogen-bond donors (Lipinski definition) is 2. The van der Waals surface area contributed by atoms with Crippen LogP contribution in [0.15, 0.2) is 54.7 Å². The first-order chi connectivity index (χ1) is 13.8. The van der Waals surface area contributed by atoms with E-state index in [1.54, 1.807) is 12.3 Å². The molecule has 1 saturated heterocycles. The molecule has 7 nitrogen and oxygen atoms in total. The van der Waals surface area contributed by atoms with Gasteiger partial charge in [0.2, 0.25) is 0 Å².